The molecule has 0 spiro atoms. The number of amides is 1. The molecule has 3 rings (SSSR count). The van der Waals surface area contributed by atoms with Crippen LogP contribution in [-0.2, 0) is 4.79 Å². The molecular formula is C17H20N6OS. The summed E-state index contributed by atoms with van der Waals surface area (Å²) in [6, 6.07) is 11.9. The average Bonchev–Trinajstić information content (AvgIpc) is 3.00. The van der Waals surface area contributed by atoms with Crippen LogP contribution in [0.3, 0.4) is 0 Å². The number of nitrogens with zero attached hydrogens (tertiary/aromatic N) is 5. The number of thioether (sulfide) groups is 1. The Kier molecular flexibility index (Phi) is 5.66. The van der Waals surface area contributed by atoms with Gasteiger partial charge in [-0.2, -0.15) is 9.94 Å². The van der Waals surface area contributed by atoms with Crippen LogP contribution in [0.15, 0.2) is 35.5 Å². The van der Waals surface area contributed by atoms with Crippen molar-refractivity contribution < 1.29 is 4.79 Å². The van der Waals surface area contributed by atoms with E-state index < -0.39 is 5.54 Å². The number of carbonyl (C=O) groups is 1. The van der Waals surface area contributed by atoms with Gasteiger partial charge in [0.1, 0.15) is 5.54 Å². The van der Waals surface area contributed by atoms with Crippen molar-refractivity contribution in [3.63, 3.8) is 0 Å². The van der Waals surface area contributed by atoms with Crippen LogP contribution in [-0.4, -0.2) is 37.4 Å². The van der Waals surface area contributed by atoms with E-state index in [4.69, 9.17) is 0 Å². The molecule has 0 saturated heterocycles. The van der Waals surface area contributed by atoms with Crippen molar-refractivity contribution in [1.82, 2.24) is 25.5 Å². The maximum atomic E-state index is 12.4. The van der Waals surface area contributed by atoms with Crippen LogP contribution >= 0.6 is 11.8 Å². The predicted molar refractivity (Wildman–Crippen MR) is 94.1 cm³/mol. The smallest absolute Gasteiger partial charge is 0.231 e. The Morgan fingerprint density at radius 2 is 1.96 bits per heavy atom. The number of hydrogen-bond acceptors (Lipinski definition) is 6. The molecule has 0 radical (unpaired) electrons. The van der Waals surface area contributed by atoms with E-state index in [0.29, 0.717) is 5.16 Å². The lowest BCUT2D eigenvalue weighted by molar-refractivity contribution is -0.120. The summed E-state index contributed by atoms with van der Waals surface area (Å²) in [5, 5.41) is 24.7. The molecule has 1 aromatic heterocycles. The first kappa shape index (κ1) is 17.4. The summed E-state index contributed by atoms with van der Waals surface area (Å²) in [5.74, 6) is 0.0208. The molecule has 1 aliphatic carbocycles. The molecule has 1 amide bonds. The minimum Gasteiger partial charge on any atom is -0.337 e. The van der Waals surface area contributed by atoms with Crippen LogP contribution in [0.25, 0.3) is 5.69 Å². The van der Waals surface area contributed by atoms with E-state index >= 15 is 0 Å². The van der Waals surface area contributed by atoms with Crippen molar-refractivity contribution in [3.8, 4) is 11.8 Å². The van der Waals surface area contributed by atoms with Gasteiger partial charge in [-0.3, -0.25) is 4.79 Å². The Morgan fingerprint density at radius 1 is 1.24 bits per heavy atom. The third kappa shape index (κ3) is 4.37. The van der Waals surface area contributed by atoms with Crippen molar-refractivity contribution in [2.75, 3.05) is 5.75 Å². The molecule has 0 bridgehead atoms. The van der Waals surface area contributed by atoms with E-state index in [1.165, 1.54) is 11.8 Å². The third-order valence-corrected chi connectivity index (χ3v) is 5.24. The second-order valence-electron chi connectivity index (χ2n) is 6.15. The minimum atomic E-state index is -0.723. The molecule has 1 fully saturated rings. The maximum absolute atomic E-state index is 12.4. The summed E-state index contributed by atoms with van der Waals surface area (Å²) in [4.78, 5) is 12.4. The summed E-state index contributed by atoms with van der Waals surface area (Å²) in [6.07, 6.45) is 5.66. The normalized spacial score (nSPS) is 16.6. The molecule has 1 heterocycles. The monoisotopic (exact) mass is 356 g/mol. The first-order chi connectivity index (χ1) is 12.2. The molecule has 25 heavy (non-hydrogen) atoms. The van der Waals surface area contributed by atoms with Crippen molar-refractivity contribution in [2.45, 2.75) is 49.2 Å². The van der Waals surface area contributed by atoms with Gasteiger partial charge in [-0.1, -0.05) is 55.6 Å². The van der Waals surface area contributed by atoms with E-state index in [-0.39, 0.29) is 11.7 Å². The molecule has 1 saturated carbocycles. The number of rotatable bonds is 5. The van der Waals surface area contributed by atoms with Gasteiger partial charge in [0.2, 0.25) is 11.1 Å². The van der Waals surface area contributed by atoms with Crippen LogP contribution in [0.5, 0.6) is 0 Å². The average molecular weight is 356 g/mol. The molecule has 0 unspecified atom stereocenters. The highest BCUT2D eigenvalue weighted by Crippen LogP contribution is 2.27. The number of aromatic nitrogens is 4. The van der Waals surface area contributed by atoms with Gasteiger partial charge in [0.15, 0.2) is 0 Å². The van der Waals surface area contributed by atoms with Gasteiger partial charge in [0, 0.05) is 0 Å². The summed E-state index contributed by atoms with van der Waals surface area (Å²) in [5.41, 5.74) is 0.118. The lowest BCUT2D eigenvalue weighted by atomic mass is 9.92. The molecular weight excluding hydrogens is 336 g/mol. The zero-order valence-electron chi connectivity index (χ0n) is 13.9. The number of nitrogens with one attached hydrogen (secondary N) is 1. The Bertz CT molecular complexity index is 746. The molecule has 1 N–H and O–H groups in total. The van der Waals surface area contributed by atoms with Crippen LogP contribution in [0.4, 0.5) is 0 Å². The fraction of sp³-hybridized carbons (Fsp3) is 0.471. The van der Waals surface area contributed by atoms with E-state index in [1.54, 1.807) is 4.68 Å². The first-order valence-corrected chi connectivity index (χ1v) is 9.40. The Hall–Kier alpha value is -2.40. The highest BCUT2D eigenvalue weighted by Gasteiger charge is 2.32. The number of nitriles is 1. The third-order valence-electron chi connectivity index (χ3n) is 4.32. The van der Waals surface area contributed by atoms with Crippen LogP contribution in [0, 0.1) is 11.3 Å². The van der Waals surface area contributed by atoms with Gasteiger partial charge in [-0.05, 0) is 35.4 Å². The quantitative estimate of drug-likeness (QED) is 0.653. The fourth-order valence-electron chi connectivity index (χ4n) is 3.03. The standard InChI is InChI=1S/C17H20N6OS/c18-13-17(10-6-1-2-7-11-17)19-15(24)12-25-16-20-21-22-23(16)14-8-4-3-5-9-14/h3-5,8-9H,1-2,6-7,10-12H2,(H,19,24). The zero-order chi connectivity index (χ0) is 17.5. The van der Waals surface area contributed by atoms with Gasteiger partial charge in [-0.25, -0.2) is 0 Å². The molecule has 1 aromatic carbocycles. The van der Waals surface area contributed by atoms with Gasteiger partial charge >= 0.3 is 0 Å². The van der Waals surface area contributed by atoms with E-state index in [2.05, 4.69) is 26.9 Å². The first-order valence-electron chi connectivity index (χ1n) is 8.41. The largest absolute Gasteiger partial charge is 0.337 e. The Balaban J connectivity index is 1.62. The highest BCUT2D eigenvalue weighted by molar-refractivity contribution is 7.99. The summed E-state index contributed by atoms with van der Waals surface area (Å²) >= 11 is 1.27. The van der Waals surface area contributed by atoms with Crippen molar-refractivity contribution in [3.05, 3.63) is 30.3 Å². The topological polar surface area (TPSA) is 96.5 Å². The van der Waals surface area contributed by atoms with Gasteiger partial charge in [0.05, 0.1) is 17.5 Å². The van der Waals surface area contributed by atoms with Crippen molar-refractivity contribution >= 4 is 17.7 Å². The second-order valence-corrected chi connectivity index (χ2v) is 7.10. The number of hydrogen-bond donors (Lipinski definition) is 1. The molecule has 2 aromatic rings. The van der Waals surface area contributed by atoms with Gasteiger partial charge in [0.25, 0.3) is 0 Å². The number of para-hydroxylation sites is 1. The molecule has 7 nitrogen and oxygen atoms in total. The Labute approximate surface area is 150 Å². The molecule has 0 atom stereocenters. The zero-order valence-corrected chi connectivity index (χ0v) is 14.7. The van der Waals surface area contributed by atoms with Crippen molar-refractivity contribution in [2.24, 2.45) is 0 Å². The molecule has 8 heteroatoms. The predicted octanol–water partition coefficient (Wildman–Crippen LogP) is 2.49. The number of tetrazole rings is 1. The fourth-order valence-corrected chi connectivity index (χ4v) is 3.72. The highest BCUT2D eigenvalue weighted by atomic mass is 32.2. The van der Waals surface area contributed by atoms with E-state index in [9.17, 15) is 10.1 Å². The van der Waals surface area contributed by atoms with Crippen LogP contribution < -0.4 is 5.32 Å². The number of carbonyl (C=O) groups excluding carboxylic acids is 1. The SMILES string of the molecule is N#CC1(NC(=O)CSc2nnnn2-c2ccccc2)CCCCCC1. The minimum absolute atomic E-state index is 0.156. The van der Waals surface area contributed by atoms with E-state index in [1.807, 2.05) is 30.3 Å². The van der Waals surface area contributed by atoms with Crippen LogP contribution in [0.2, 0.25) is 0 Å². The summed E-state index contributed by atoms with van der Waals surface area (Å²) in [6.45, 7) is 0. The van der Waals surface area contributed by atoms with Gasteiger partial charge in [-0.15, -0.1) is 5.10 Å². The summed E-state index contributed by atoms with van der Waals surface area (Å²) in [7, 11) is 0. The van der Waals surface area contributed by atoms with Crippen molar-refractivity contribution in [1.29, 1.82) is 5.26 Å². The summed E-state index contributed by atoms with van der Waals surface area (Å²) < 4.78 is 1.60. The number of benzene rings is 1. The second kappa shape index (κ2) is 8.12. The van der Waals surface area contributed by atoms with E-state index in [0.717, 1.165) is 44.2 Å². The molecule has 1 aliphatic rings. The maximum Gasteiger partial charge on any atom is 0.231 e. The molecule has 0 aliphatic heterocycles. The lowest BCUT2D eigenvalue weighted by Gasteiger charge is -2.26. The Morgan fingerprint density at radius 3 is 2.64 bits per heavy atom. The van der Waals surface area contributed by atoms with Gasteiger partial charge < -0.3 is 5.32 Å². The lowest BCUT2D eigenvalue weighted by Crippen LogP contribution is -2.47. The molecule has 130 valence electrons. The van der Waals surface area contributed by atoms with Crippen LogP contribution in [0.1, 0.15) is 38.5 Å².